The van der Waals surface area contributed by atoms with Gasteiger partial charge in [0.2, 0.25) is 0 Å². The molecule has 1 fully saturated rings. The van der Waals surface area contributed by atoms with Gasteiger partial charge in [0.05, 0.1) is 0 Å². The summed E-state index contributed by atoms with van der Waals surface area (Å²) in [7, 11) is 2.17. The van der Waals surface area contributed by atoms with Crippen molar-refractivity contribution in [1.82, 2.24) is 9.80 Å². The lowest BCUT2D eigenvalue weighted by Crippen LogP contribution is -2.55. The summed E-state index contributed by atoms with van der Waals surface area (Å²) in [5.41, 5.74) is 5.90. The van der Waals surface area contributed by atoms with Gasteiger partial charge in [-0.2, -0.15) is 0 Å². The summed E-state index contributed by atoms with van der Waals surface area (Å²) in [6, 6.07) is 3.17. The van der Waals surface area contributed by atoms with Gasteiger partial charge < -0.3 is 10.6 Å². The summed E-state index contributed by atoms with van der Waals surface area (Å²) < 4.78 is 1.18. The van der Waals surface area contributed by atoms with Gasteiger partial charge in [-0.05, 0) is 36.0 Å². The molecule has 0 aliphatic carbocycles. The summed E-state index contributed by atoms with van der Waals surface area (Å²) in [5.74, 6) is 0. The minimum atomic E-state index is 0.466. The molecule has 1 aromatic heterocycles. The first-order valence-electron chi connectivity index (χ1n) is 6.00. The standard InChI is InChI=1S/C12H20BrN3S/c1-9(12-5-10(13)8-17-12)16-4-3-15(2)7-11(16)6-14/h5,8-9,11H,3-4,6-7,14H2,1-2H3. The predicted molar refractivity (Wildman–Crippen MR) is 77.5 cm³/mol. The first-order chi connectivity index (χ1) is 8.11. The molecular weight excluding hydrogens is 298 g/mol. The zero-order chi connectivity index (χ0) is 12.4. The van der Waals surface area contributed by atoms with E-state index in [1.807, 2.05) is 11.3 Å². The molecule has 3 nitrogen and oxygen atoms in total. The Morgan fingerprint density at radius 1 is 1.59 bits per heavy atom. The van der Waals surface area contributed by atoms with E-state index in [0.717, 1.165) is 26.2 Å². The average molecular weight is 318 g/mol. The molecule has 1 aromatic rings. The van der Waals surface area contributed by atoms with Crippen LogP contribution in [-0.2, 0) is 0 Å². The van der Waals surface area contributed by atoms with E-state index in [9.17, 15) is 0 Å². The van der Waals surface area contributed by atoms with Gasteiger partial charge in [-0.15, -0.1) is 11.3 Å². The molecule has 0 bridgehead atoms. The van der Waals surface area contributed by atoms with Gasteiger partial charge >= 0.3 is 0 Å². The molecule has 0 amide bonds. The van der Waals surface area contributed by atoms with Gasteiger partial charge in [-0.25, -0.2) is 0 Å². The zero-order valence-electron chi connectivity index (χ0n) is 10.4. The van der Waals surface area contributed by atoms with E-state index in [-0.39, 0.29) is 0 Å². The van der Waals surface area contributed by atoms with Gasteiger partial charge in [0.1, 0.15) is 0 Å². The van der Waals surface area contributed by atoms with Gasteiger partial charge in [0.25, 0.3) is 0 Å². The number of hydrogen-bond acceptors (Lipinski definition) is 4. The van der Waals surface area contributed by atoms with Gasteiger partial charge in [0, 0.05) is 53.0 Å². The van der Waals surface area contributed by atoms with E-state index >= 15 is 0 Å². The van der Waals surface area contributed by atoms with Gasteiger partial charge in [-0.1, -0.05) is 0 Å². The summed E-state index contributed by atoms with van der Waals surface area (Å²) in [6.07, 6.45) is 0. The normalized spacial score (nSPS) is 25.1. The molecule has 96 valence electrons. The number of rotatable bonds is 3. The third kappa shape index (κ3) is 3.09. The zero-order valence-corrected chi connectivity index (χ0v) is 12.8. The molecule has 0 spiro atoms. The van der Waals surface area contributed by atoms with E-state index in [1.54, 1.807) is 0 Å². The SMILES string of the molecule is CC(c1cc(Br)cs1)N1CCN(C)CC1CN. The van der Waals surface area contributed by atoms with E-state index in [2.05, 4.69) is 51.1 Å². The van der Waals surface area contributed by atoms with Crippen molar-refractivity contribution in [1.29, 1.82) is 0 Å². The van der Waals surface area contributed by atoms with Crippen LogP contribution >= 0.6 is 27.3 Å². The lowest BCUT2D eigenvalue weighted by Gasteiger charge is -2.42. The van der Waals surface area contributed by atoms with Crippen molar-refractivity contribution in [3.05, 3.63) is 20.8 Å². The third-order valence-corrected chi connectivity index (χ3v) is 5.36. The van der Waals surface area contributed by atoms with Gasteiger partial charge in [-0.3, -0.25) is 4.90 Å². The highest BCUT2D eigenvalue weighted by molar-refractivity contribution is 9.10. The maximum Gasteiger partial charge on any atom is 0.0418 e. The van der Waals surface area contributed by atoms with Crippen molar-refractivity contribution in [3.63, 3.8) is 0 Å². The van der Waals surface area contributed by atoms with Crippen molar-refractivity contribution in [3.8, 4) is 0 Å². The summed E-state index contributed by atoms with van der Waals surface area (Å²) in [5, 5.41) is 2.15. The second-order valence-corrected chi connectivity index (χ2v) is 6.59. The fourth-order valence-electron chi connectivity index (χ4n) is 2.46. The van der Waals surface area contributed by atoms with Crippen LogP contribution in [0, 0.1) is 0 Å². The number of hydrogen-bond donors (Lipinski definition) is 1. The second kappa shape index (κ2) is 5.80. The third-order valence-electron chi connectivity index (χ3n) is 3.50. The first kappa shape index (κ1) is 13.5. The van der Waals surface area contributed by atoms with Crippen molar-refractivity contribution in [2.24, 2.45) is 5.73 Å². The van der Waals surface area contributed by atoms with Crippen LogP contribution in [0.1, 0.15) is 17.8 Å². The Morgan fingerprint density at radius 2 is 2.35 bits per heavy atom. The molecule has 0 saturated carbocycles. The van der Waals surface area contributed by atoms with Crippen molar-refractivity contribution in [2.45, 2.75) is 19.0 Å². The van der Waals surface area contributed by atoms with Gasteiger partial charge in [0.15, 0.2) is 0 Å². The van der Waals surface area contributed by atoms with E-state index in [1.165, 1.54) is 9.35 Å². The lowest BCUT2D eigenvalue weighted by molar-refractivity contribution is 0.0633. The molecule has 5 heteroatoms. The Hall–Kier alpha value is 0.0600. The number of nitrogens with two attached hydrogens (primary N) is 1. The van der Waals surface area contributed by atoms with Crippen LogP contribution in [0.15, 0.2) is 15.9 Å². The Labute approximate surface area is 116 Å². The van der Waals surface area contributed by atoms with E-state index in [4.69, 9.17) is 5.73 Å². The Morgan fingerprint density at radius 3 is 2.94 bits per heavy atom. The van der Waals surface area contributed by atoms with Crippen LogP contribution < -0.4 is 5.73 Å². The molecule has 2 atom stereocenters. The fraction of sp³-hybridized carbons (Fsp3) is 0.667. The molecular formula is C12H20BrN3S. The predicted octanol–water partition coefficient (Wildman–Crippen LogP) is 2.15. The molecule has 17 heavy (non-hydrogen) atoms. The largest absolute Gasteiger partial charge is 0.329 e. The topological polar surface area (TPSA) is 32.5 Å². The van der Waals surface area contributed by atoms with Crippen LogP contribution in [-0.4, -0.2) is 49.1 Å². The number of thiophene rings is 1. The summed E-state index contributed by atoms with van der Waals surface area (Å²) in [6.45, 7) is 6.34. The number of nitrogens with zero attached hydrogens (tertiary/aromatic N) is 2. The second-order valence-electron chi connectivity index (χ2n) is 4.73. The lowest BCUT2D eigenvalue weighted by atomic mass is 10.1. The maximum absolute atomic E-state index is 5.90. The molecule has 1 saturated heterocycles. The van der Waals surface area contributed by atoms with Crippen molar-refractivity contribution < 1.29 is 0 Å². The minimum Gasteiger partial charge on any atom is -0.329 e. The van der Waals surface area contributed by atoms with Crippen LogP contribution in [0.4, 0.5) is 0 Å². The highest BCUT2D eigenvalue weighted by Gasteiger charge is 2.28. The first-order valence-corrected chi connectivity index (χ1v) is 7.67. The fourth-order valence-corrected chi connectivity index (χ4v) is 3.98. The monoisotopic (exact) mass is 317 g/mol. The smallest absolute Gasteiger partial charge is 0.0418 e. The highest BCUT2D eigenvalue weighted by Crippen LogP contribution is 2.31. The Kier molecular flexibility index (Phi) is 4.60. The van der Waals surface area contributed by atoms with Crippen LogP contribution in [0.3, 0.4) is 0 Å². The number of likely N-dealkylation sites (N-methyl/N-ethyl adjacent to an activating group) is 1. The molecule has 1 aliphatic heterocycles. The molecule has 1 aliphatic rings. The Bertz CT molecular complexity index is 368. The number of piperazine rings is 1. The summed E-state index contributed by atoms with van der Waals surface area (Å²) in [4.78, 5) is 6.32. The summed E-state index contributed by atoms with van der Waals surface area (Å²) >= 11 is 5.35. The molecule has 0 aromatic carbocycles. The van der Waals surface area contributed by atoms with Crippen LogP contribution in [0.2, 0.25) is 0 Å². The molecule has 0 radical (unpaired) electrons. The van der Waals surface area contributed by atoms with Crippen molar-refractivity contribution in [2.75, 3.05) is 33.2 Å². The number of halogens is 1. The highest BCUT2D eigenvalue weighted by atomic mass is 79.9. The maximum atomic E-state index is 5.90. The van der Waals surface area contributed by atoms with Crippen LogP contribution in [0.25, 0.3) is 0 Å². The average Bonchev–Trinajstić information content (AvgIpc) is 2.75. The quantitative estimate of drug-likeness (QED) is 0.927. The molecule has 2 N–H and O–H groups in total. The van der Waals surface area contributed by atoms with E-state index in [0.29, 0.717) is 12.1 Å². The van der Waals surface area contributed by atoms with E-state index < -0.39 is 0 Å². The van der Waals surface area contributed by atoms with Crippen molar-refractivity contribution >= 4 is 27.3 Å². The minimum absolute atomic E-state index is 0.466. The Balaban J connectivity index is 2.09. The van der Waals surface area contributed by atoms with Crippen LogP contribution in [0.5, 0.6) is 0 Å². The molecule has 2 rings (SSSR count). The molecule has 2 heterocycles. The molecule has 2 unspecified atom stereocenters.